The van der Waals surface area contributed by atoms with E-state index in [0.717, 1.165) is 11.1 Å². The summed E-state index contributed by atoms with van der Waals surface area (Å²) in [6.07, 6.45) is 0. The van der Waals surface area contributed by atoms with Crippen molar-refractivity contribution in [3.05, 3.63) is 59.7 Å². The molecule has 2 aromatic rings. The van der Waals surface area contributed by atoms with Gasteiger partial charge in [-0.15, -0.1) is 0 Å². The molecule has 0 heterocycles. The second-order valence-corrected chi connectivity index (χ2v) is 5.50. The molecule has 0 unspecified atom stereocenters. The monoisotopic (exact) mass is 284 g/mol. The lowest BCUT2D eigenvalue weighted by molar-refractivity contribution is -0.246. The van der Waals surface area contributed by atoms with Crippen LogP contribution in [0.25, 0.3) is 11.1 Å². The largest absolute Gasteiger partial charge is 0.373 e. The van der Waals surface area contributed by atoms with Crippen molar-refractivity contribution in [2.45, 2.75) is 20.8 Å². The zero-order chi connectivity index (χ0) is 15.2. The molecule has 3 nitrogen and oxygen atoms in total. The molecule has 0 aliphatic heterocycles. The number of hydrogen-bond acceptors (Lipinski definition) is 3. The van der Waals surface area contributed by atoms with Crippen LogP contribution in [0.15, 0.2) is 48.5 Å². The second kappa shape index (κ2) is 7.04. The molecular formula is C18H20O3. The lowest BCUT2D eigenvalue weighted by Crippen LogP contribution is -2.09. The summed E-state index contributed by atoms with van der Waals surface area (Å²) < 4.78 is 0. The number of hydrogen-bond donors (Lipinski definition) is 0. The highest BCUT2D eigenvalue weighted by Gasteiger charge is 2.10. The molecule has 2 rings (SSSR count). The summed E-state index contributed by atoms with van der Waals surface area (Å²) in [5.74, 6) is -0.152. The first kappa shape index (κ1) is 15.3. The molecule has 0 N–H and O–H groups in total. The highest BCUT2D eigenvalue weighted by Crippen LogP contribution is 2.21. The van der Waals surface area contributed by atoms with Crippen LogP contribution in [0, 0.1) is 12.8 Å². The molecule has 21 heavy (non-hydrogen) atoms. The van der Waals surface area contributed by atoms with Crippen LogP contribution in [0.1, 0.15) is 29.8 Å². The van der Waals surface area contributed by atoms with E-state index in [1.54, 1.807) is 6.07 Å². The van der Waals surface area contributed by atoms with Crippen LogP contribution >= 0.6 is 0 Å². The number of rotatable bonds is 5. The zero-order valence-corrected chi connectivity index (χ0v) is 12.6. The van der Waals surface area contributed by atoms with Crippen molar-refractivity contribution >= 4 is 5.97 Å². The van der Waals surface area contributed by atoms with E-state index < -0.39 is 5.97 Å². The fourth-order valence-corrected chi connectivity index (χ4v) is 1.84. The van der Waals surface area contributed by atoms with Gasteiger partial charge in [-0.3, -0.25) is 4.89 Å². The summed E-state index contributed by atoms with van der Waals surface area (Å²) in [5, 5.41) is 0. The fraction of sp³-hybridized carbons (Fsp3) is 0.278. The Morgan fingerprint density at radius 2 is 1.76 bits per heavy atom. The van der Waals surface area contributed by atoms with Gasteiger partial charge < -0.3 is 0 Å². The van der Waals surface area contributed by atoms with E-state index in [4.69, 9.17) is 9.78 Å². The summed E-state index contributed by atoms with van der Waals surface area (Å²) >= 11 is 0. The van der Waals surface area contributed by atoms with Gasteiger partial charge in [-0.1, -0.05) is 55.8 Å². The van der Waals surface area contributed by atoms with Gasteiger partial charge in [0.25, 0.3) is 0 Å². The first-order chi connectivity index (χ1) is 10.1. The molecule has 0 aromatic heterocycles. The van der Waals surface area contributed by atoms with E-state index in [1.165, 1.54) is 5.56 Å². The maximum absolute atomic E-state index is 11.9. The highest BCUT2D eigenvalue weighted by molar-refractivity contribution is 5.90. The molecule has 0 atom stereocenters. The molecular weight excluding hydrogens is 264 g/mol. The van der Waals surface area contributed by atoms with Crippen molar-refractivity contribution < 1.29 is 14.6 Å². The summed E-state index contributed by atoms with van der Waals surface area (Å²) in [6.45, 7) is 6.42. The normalized spacial score (nSPS) is 10.7. The predicted molar refractivity (Wildman–Crippen MR) is 82.8 cm³/mol. The summed E-state index contributed by atoms with van der Waals surface area (Å²) in [5.41, 5.74) is 3.74. The Hall–Kier alpha value is -2.13. The Balaban J connectivity index is 2.10. The average Bonchev–Trinajstić information content (AvgIpc) is 2.47. The number of aryl methyl sites for hydroxylation is 1. The first-order valence-electron chi connectivity index (χ1n) is 7.07. The Morgan fingerprint density at radius 3 is 2.43 bits per heavy atom. The first-order valence-corrected chi connectivity index (χ1v) is 7.07. The maximum Gasteiger partial charge on any atom is 0.373 e. The molecule has 110 valence electrons. The molecule has 0 aliphatic rings. The second-order valence-electron chi connectivity index (χ2n) is 5.50. The van der Waals surface area contributed by atoms with E-state index in [2.05, 4.69) is 0 Å². The lowest BCUT2D eigenvalue weighted by atomic mass is 10.0. The third-order valence-electron chi connectivity index (χ3n) is 3.02. The Kier molecular flexibility index (Phi) is 5.12. The van der Waals surface area contributed by atoms with Crippen molar-refractivity contribution in [3.8, 4) is 11.1 Å². The van der Waals surface area contributed by atoms with Crippen molar-refractivity contribution in [1.29, 1.82) is 0 Å². The summed E-state index contributed by atoms with van der Waals surface area (Å²) in [4.78, 5) is 21.6. The van der Waals surface area contributed by atoms with E-state index in [-0.39, 0.29) is 0 Å². The van der Waals surface area contributed by atoms with Gasteiger partial charge in [-0.25, -0.2) is 4.79 Å². The maximum atomic E-state index is 11.9. The van der Waals surface area contributed by atoms with E-state index in [1.807, 2.05) is 63.2 Å². The van der Waals surface area contributed by atoms with E-state index in [9.17, 15) is 4.79 Å². The summed E-state index contributed by atoms with van der Waals surface area (Å²) in [6, 6.07) is 15.5. The quantitative estimate of drug-likeness (QED) is 0.602. The molecule has 0 spiro atoms. The molecule has 0 saturated heterocycles. The van der Waals surface area contributed by atoms with Crippen LogP contribution in [-0.2, 0) is 9.78 Å². The Labute approximate surface area is 125 Å². The molecule has 0 amide bonds. The zero-order valence-electron chi connectivity index (χ0n) is 12.6. The van der Waals surface area contributed by atoms with E-state index >= 15 is 0 Å². The van der Waals surface area contributed by atoms with Crippen LogP contribution in [-0.4, -0.2) is 12.6 Å². The number of benzene rings is 2. The third-order valence-corrected chi connectivity index (χ3v) is 3.02. The van der Waals surface area contributed by atoms with E-state index in [0.29, 0.717) is 18.1 Å². The van der Waals surface area contributed by atoms with Gasteiger partial charge in [0.2, 0.25) is 0 Å². The van der Waals surface area contributed by atoms with Gasteiger partial charge in [0.1, 0.15) is 0 Å². The van der Waals surface area contributed by atoms with Crippen molar-refractivity contribution in [1.82, 2.24) is 0 Å². The molecule has 3 heteroatoms. The standard InChI is InChI=1S/C18H20O3/c1-13(2)12-20-21-18(19)17-6-4-5-16(11-17)15-9-7-14(3)8-10-15/h4-11,13H,12H2,1-3H3. The van der Waals surface area contributed by atoms with Crippen molar-refractivity contribution in [2.24, 2.45) is 5.92 Å². The minimum absolute atomic E-state index is 0.316. The van der Waals surface area contributed by atoms with Crippen LogP contribution in [0.4, 0.5) is 0 Å². The smallest absolute Gasteiger partial charge is 0.293 e. The molecule has 0 saturated carbocycles. The summed E-state index contributed by atoms with van der Waals surface area (Å²) in [7, 11) is 0. The third kappa shape index (κ3) is 4.43. The molecule has 0 fully saturated rings. The van der Waals surface area contributed by atoms with Gasteiger partial charge in [0.05, 0.1) is 12.2 Å². The topological polar surface area (TPSA) is 35.5 Å². The predicted octanol–water partition coefficient (Wildman–Crippen LogP) is 4.41. The molecule has 2 aromatic carbocycles. The number of carbonyl (C=O) groups is 1. The molecule has 0 aliphatic carbocycles. The van der Waals surface area contributed by atoms with Gasteiger partial charge in [-0.2, -0.15) is 4.89 Å². The minimum Gasteiger partial charge on any atom is -0.293 e. The van der Waals surface area contributed by atoms with Crippen molar-refractivity contribution in [3.63, 3.8) is 0 Å². The van der Waals surface area contributed by atoms with Crippen LogP contribution in [0.5, 0.6) is 0 Å². The average molecular weight is 284 g/mol. The number of carbonyl (C=O) groups excluding carboxylic acids is 1. The van der Waals surface area contributed by atoms with Gasteiger partial charge >= 0.3 is 5.97 Å². The Morgan fingerprint density at radius 1 is 1.05 bits per heavy atom. The molecule has 0 bridgehead atoms. The van der Waals surface area contributed by atoms with Gasteiger partial charge in [0.15, 0.2) is 0 Å². The van der Waals surface area contributed by atoms with Gasteiger partial charge in [-0.05, 0) is 36.1 Å². The molecule has 0 radical (unpaired) electrons. The van der Waals surface area contributed by atoms with Gasteiger partial charge in [0, 0.05) is 0 Å². The fourth-order valence-electron chi connectivity index (χ4n) is 1.84. The lowest BCUT2D eigenvalue weighted by Gasteiger charge is -2.07. The SMILES string of the molecule is Cc1ccc(-c2cccc(C(=O)OOCC(C)C)c2)cc1. The van der Waals surface area contributed by atoms with Crippen molar-refractivity contribution in [2.75, 3.05) is 6.61 Å². The van der Waals surface area contributed by atoms with Crippen LogP contribution in [0.2, 0.25) is 0 Å². The highest BCUT2D eigenvalue weighted by atomic mass is 17.2. The Bertz CT molecular complexity index is 600. The minimum atomic E-state index is -0.468. The van der Waals surface area contributed by atoms with Crippen LogP contribution < -0.4 is 0 Å². The van der Waals surface area contributed by atoms with Crippen LogP contribution in [0.3, 0.4) is 0 Å².